The number of rotatable bonds is 5. The highest BCUT2D eigenvalue weighted by Gasteiger charge is 2.61. The van der Waals surface area contributed by atoms with Gasteiger partial charge in [-0.15, -0.1) is 0 Å². The Morgan fingerprint density at radius 2 is 2.29 bits per heavy atom. The first-order valence-corrected chi connectivity index (χ1v) is 7.97. The highest BCUT2D eigenvalue weighted by atomic mass is 19.1. The van der Waals surface area contributed by atoms with E-state index in [1.54, 1.807) is 17.4 Å². The van der Waals surface area contributed by atoms with Gasteiger partial charge in [0.15, 0.2) is 0 Å². The van der Waals surface area contributed by atoms with E-state index in [4.69, 9.17) is 9.47 Å². The number of fused-ring (bicyclic) bond motifs is 2. The molecule has 2 aromatic heterocycles. The number of ether oxygens (including phenoxy) is 2. The van der Waals surface area contributed by atoms with Crippen molar-refractivity contribution in [2.45, 2.75) is 43.8 Å². The number of aromatic nitrogens is 2. The van der Waals surface area contributed by atoms with Gasteiger partial charge in [-0.05, 0) is 26.7 Å². The second-order valence-electron chi connectivity index (χ2n) is 7.20. The van der Waals surface area contributed by atoms with Gasteiger partial charge < -0.3 is 19.0 Å². The Bertz CT molecular complexity index is 825. The number of carbonyl (C=O) groups is 1. The molecule has 4 heterocycles. The maximum Gasteiger partial charge on any atom is 0.341 e. The van der Waals surface area contributed by atoms with Crippen LogP contribution in [0.4, 0.5) is 4.39 Å². The van der Waals surface area contributed by atoms with Crippen LogP contribution < -0.4 is 4.74 Å². The van der Waals surface area contributed by atoms with E-state index in [1.165, 1.54) is 6.20 Å². The van der Waals surface area contributed by atoms with Gasteiger partial charge in [0.2, 0.25) is 0 Å². The summed E-state index contributed by atoms with van der Waals surface area (Å²) in [5, 5.41) is 9.39. The van der Waals surface area contributed by atoms with Crippen LogP contribution in [0.3, 0.4) is 0 Å². The van der Waals surface area contributed by atoms with E-state index in [0.717, 1.165) is 18.5 Å². The summed E-state index contributed by atoms with van der Waals surface area (Å²) in [4.78, 5) is 16.1. The predicted molar refractivity (Wildman–Crippen MR) is 83.5 cm³/mol. The Balaban J connectivity index is 1.75. The molecule has 0 radical (unpaired) electrons. The molecule has 1 N–H and O–H groups in total. The maximum absolute atomic E-state index is 12.7. The number of halogens is 1. The van der Waals surface area contributed by atoms with Crippen molar-refractivity contribution in [2.75, 3.05) is 13.3 Å². The Morgan fingerprint density at radius 1 is 1.54 bits per heavy atom. The van der Waals surface area contributed by atoms with Gasteiger partial charge in [0, 0.05) is 23.9 Å². The molecule has 1 aliphatic carbocycles. The third-order valence-electron chi connectivity index (χ3n) is 5.00. The zero-order valence-electron chi connectivity index (χ0n) is 13.6. The molecule has 24 heavy (non-hydrogen) atoms. The van der Waals surface area contributed by atoms with Crippen molar-refractivity contribution in [3.8, 4) is 5.75 Å². The largest absolute Gasteiger partial charge is 0.487 e. The molecule has 2 aliphatic heterocycles. The second-order valence-corrected chi connectivity index (χ2v) is 7.20. The highest BCUT2D eigenvalue weighted by molar-refractivity contribution is 5.91. The van der Waals surface area contributed by atoms with Gasteiger partial charge in [0.05, 0.1) is 17.9 Å². The van der Waals surface area contributed by atoms with Crippen LogP contribution in [0.25, 0.3) is 5.65 Å². The molecule has 1 saturated carbocycles. The minimum absolute atomic E-state index is 0.00892. The summed E-state index contributed by atoms with van der Waals surface area (Å²) in [5.41, 5.74) is 1.37. The average Bonchev–Trinajstić information content (AvgIpc) is 3.16. The zero-order chi connectivity index (χ0) is 17.1. The molecule has 0 unspecified atom stereocenters. The highest BCUT2D eigenvalue weighted by Crippen LogP contribution is 2.58. The molecular weight excluding hydrogens is 315 g/mol. The summed E-state index contributed by atoms with van der Waals surface area (Å²) in [7, 11) is 0. The normalized spacial score (nSPS) is 29.5. The van der Waals surface area contributed by atoms with Gasteiger partial charge in [0.1, 0.15) is 29.7 Å². The van der Waals surface area contributed by atoms with Crippen LogP contribution >= 0.6 is 0 Å². The molecule has 2 bridgehead atoms. The first-order chi connectivity index (χ1) is 11.3. The SMILES string of the molecule is C[C@H](CF)Oc1cc2nc(C34COC(C)(C3)C4)cn2cc1C(=O)O. The summed E-state index contributed by atoms with van der Waals surface area (Å²) >= 11 is 0. The lowest BCUT2D eigenvalue weighted by Crippen LogP contribution is -2.45. The van der Waals surface area contributed by atoms with E-state index in [0.29, 0.717) is 12.3 Å². The Morgan fingerprint density at radius 3 is 2.88 bits per heavy atom. The van der Waals surface area contributed by atoms with Crippen molar-refractivity contribution in [3.05, 3.63) is 29.7 Å². The number of carboxylic acid groups (broad SMARTS) is 1. The lowest BCUT2D eigenvalue weighted by molar-refractivity contribution is 0.0154. The first kappa shape index (κ1) is 15.4. The van der Waals surface area contributed by atoms with E-state index >= 15 is 0 Å². The molecule has 6 nitrogen and oxygen atoms in total. The topological polar surface area (TPSA) is 73.1 Å². The molecule has 5 rings (SSSR count). The van der Waals surface area contributed by atoms with Crippen LogP contribution in [0.1, 0.15) is 42.7 Å². The fourth-order valence-corrected chi connectivity index (χ4v) is 3.93. The van der Waals surface area contributed by atoms with E-state index < -0.39 is 18.7 Å². The van der Waals surface area contributed by atoms with Crippen molar-refractivity contribution in [1.82, 2.24) is 9.38 Å². The van der Waals surface area contributed by atoms with Crippen LogP contribution in [-0.4, -0.2) is 45.4 Å². The Kier molecular flexibility index (Phi) is 3.16. The molecule has 2 saturated heterocycles. The van der Waals surface area contributed by atoms with Crippen molar-refractivity contribution in [2.24, 2.45) is 0 Å². The summed E-state index contributed by atoms with van der Waals surface area (Å²) < 4.78 is 25.6. The first-order valence-electron chi connectivity index (χ1n) is 7.97. The fraction of sp³-hybridized carbons (Fsp3) is 0.529. The number of imidazole rings is 1. The summed E-state index contributed by atoms with van der Waals surface area (Å²) in [6, 6.07) is 1.56. The van der Waals surface area contributed by atoms with Gasteiger partial charge >= 0.3 is 5.97 Å². The average molecular weight is 334 g/mol. The number of nitrogens with zero attached hydrogens (tertiary/aromatic N) is 2. The summed E-state index contributed by atoms with van der Waals surface area (Å²) in [6.07, 6.45) is 4.47. The quantitative estimate of drug-likeness (QED) is 0.910. The second kappa shape index (κ2) is 4.92. The number of carboxylic acids is 1. The number of hydrogen-bond acceptors (Lipinski definition) is 4. The van der Waals surface area contributed by atoms with Crippen molar-refractivity contribution < 1.29 is 23.8 Å². The van der Waals surface area contributed by atoms with Crippen molar-refractivity contribution in [1.29, 1.82) is 0 Å². The Labute approximate surface area is 138 Å². The number of alkyl halides is 1. The molecule has 3 fully saturated rings. The summed E-state index contributed by atoms with van der Waals surface area (Å²) in [6.45, 7) is 3.60. The molecule has 0 amide bonds. The third-order valence-corrected chi connectivity index (χ3v) is 5.00. The molecule has 0 aromatic carbocycles. The lowest BCUT2D eigenvalue weighted by atomic mass is 9.62. The van der Waals surface area contributed by atoms with Gasteiger partial charge in [-0.2, -0.15) is 0 Å². The summed E-state index contributed by atoms with van der Waals surface area (Å²) in [5.74, 6) is -0.984. The maximum atomic E-state index is 12.7. The Hall–Kier alpha value is -2.15. The molecule has 2 aromatic rings. The van der Waals surface area contributed by atoms with Gasteiger partial charge in [-0.25, -0.2) is 14.2 Å². The number of hydrogen-bond donors (Lipinski definition) is 1. The van der Waals surface area contributed by atoms with E-state index in [2.05, 4.69) is 11.9 Å². The fourth-order valence-electron chi connectivity index (χ4n) is 3.93. The zero-order valence-corrected chi connectivity index (χ0v) is 13.6. The van der Waals surface area contributed by atoms with E-state index in [-0.39, 0.29) is 22.3 Å². The molecule has 7 heteroatoms. The molecule has 1 atom stereocenters. The standard InChI is InChI=1S/C17H19FN2O4/c1-10(4-18)24-12-3-14-19-13(6-20(14)5-11(12)15(21)22)17-7-16(2,8-17)23-9-17/h3,5-6,10H,4,7-9H2,1-2H3,(H,21,22)/t10-,16?,17?/m1/s1. The van der Waals surface area contributed by atoms with Crippen LogP contribution in [0, 0.1) is 0 Å². The molecule has 128 valence electrons. The van der Waals surface area contributed by atoms with Gasteiger partial charge in [-0.3, -0.25) is 0 Å². The molecular formula is C17H19FN2O4. The molecule has 3 aliphatic rings. The van der Waals surface area contributed by atoms with Crippen LogP contribution in [-0.2, 0) is 10.2 Å². The van der Waals surface area contributed by atoms with Crippen molar-refractivity contribution >= 4 is 11.6 Å². The van der Waals surface area contributed by atoms with Gasteiger partial charge in [0.25, 0.3) is 0 Å². The van der Waals surface area contributed by atoms with E-state index in [1.807, 2.05) is 6.20 Å². The lowest BCUT2D eigenvalue weighted by Gasteiger charge is -2.41. The minimum atomic E-state index is -1.12. The smallest absolute Gasteiger partial charge is 0.341 e. The van der Waals surface area contributed by atoms with Crippen LogP contribution in [0.5, 0.6) is 5.75 Å². The van der Waals surface area contributed by atoms with Crippen molar-refractivity contribution in [3.63, 3.8) is 0 Å². The molecule has 0 spiro atoms. The number of pyridine rings is 1. The van der Waals surface area contributed by atoms with E-state index in [9.17, 15) is 14.3 Å². The van der Waals surface area contributed by atoms with Crippen LogP contribution in [0.15, 0.2) is 18.5 Å². The van der Waals surface area contributed by atoms with Crippen LogP contribution in [0.2, 0.25) is 0 Å². The number of aromatic carboxylic acids is 1. The third kappa shape index (κ3) is 2.18. The predicted octanol–water partition coefficient (Wildman–Crippen LogP) is 2.59. The minimum Gasteiger partial charge on any atom is -0.487 e. The van der Waals surface area contributed by atoms with Gasteiger partial charge in [-0.1, -0.05) is 0 Å². The monoisotopic (exact) mass is 334 g/mol.